The second-order valence-corrected chi connectivity index (χ2v) is 8.16. The Morgan fingerprint density at radius 1 is 1.08 bits per heavy atom. The van der Waals surface area contributed by atoms with E-state index in [1.807, 2.05) is 37.3 Å². The molecule has 1 aliphatic carbocycles. The van der Waals surface area contributed by atoms with Crippen LogP contribution in [0.3, 0.4) is 0 Å². The maximum absolute atomic E-state index is 10.7. The summed E-state index contributed by atoms with van der Waals surface area (Å²) in [5, 5.41) is 14.4. The van der Waals surface area contributed by atoms with E-state index in [1.54, 1.807) is 0 Å². The van der Waals surface area contributed by atoms with Gasteiger partial charge in [0, 0.05) is 18.6 Å². The van der Waals surface area contributed by atoms with Crippen molar-refractivity contribution in [2.24, 2.45) is 5.92 Å². The third-order valence-electron chi connectivity index (χ3n) is 6.20. The van der Waals surface area contributed by atoms with Gasteiger partial charge in [-0.25, -0.2) is 0 Å². The summed E-state index contributed by atoms with van der Waals surface area (Å²) in [7, 11) is 0. The van der Waals surface area contributed by atoms with Crippen LogP contribution in [-0.4, -0.2) is 41.7 Å². The average molecular weight is 331 g/mol. The fourth-order valence-electron chi connectivity index (χ4n) is 4.52. The molecule has 1 aliphatic heterocycles. The number of hydrogen-bond donors (Lipinski definition) is 2. The normalized spacial score (nSPS) is 29.3. The van der Waals surface area contributed by atoms with Crippen molar-refractivity contribution < 1.29 is 5.11 Å². The third-order valence-corrected chi connectivity index (χ3v) is 6.20. The first-order valence-corrected chi connectivity index (χ1v) is 9.81. The van der Waals surface area contributed by atoms with Crippen LogP contribution >= 0.6 is 0 Å². The van der Waals surface area contributed by atoms with Crippen molar-refractivity contribution in [3.05, 3.63) is 35.9 Å². The molecule has 1 heterocycles. The molecular weight excluding hydrogens is 296 g/mol. The maximum atomic E-state index is 10.7. The van der Waals surface area contributed by atoms with Gasteiger partial charge in [0.05, 0.1) is 5.60 Å². The summed E-state index contributed by atoms with van der Waals surface area (Å²) in [6.07, 6.45) is 8.03. The zero-order valence-corrected chi connectivity index (χ0v) is 15.4. The number of piperidine rings is 1. The van der Waals surface area contributed by atoms with Crippen LogP contribution in [0.15, 0.2) is 30.3 Å². The van der Waals surface area contributed by atoms with Gasteiger partial charge >= 0.3 is 0 Å². The molecule has 24 heavy (non-hydrogen) atoms. The SMILES string of the molecule is CC1CCCCC1N1CCC(NCC(C)(O)c2ccccc2)CC1. The Hall–Kier alpha value is -0.900. The van der Waals surface area contributed by atoms with Crippen LogP contribution in [0.25, 0.3) is 0 Å². The van der Waals surface area contributed by atoms with E-state index in [2.05, 4.69) is 17.1 Å². The molecule has 2 N–H and O–H groups in total. The van der Waals surface area contributed by atoms with Crippen molar-refractivity contribution in [1.82, 2.24) is 10.2 Å². The number of rotatable bonds is 5. The van der Waals surface area contributed by atoms with Crippen molar-refractivity contribution in [2.75, 3.05) is 19.6 Å². The van der Waals surface area contributed by atoms with Gasteiger partial charge in [-0.05, 0) is 57.2 Å². The maximum Gasteiger partial charge on any atom is 0.0992 e. The molecule has 134 valence electrons. The van der Waals surface area contributed by atoms with Gasteiger partial charge in [0.25, 0.3) is 0 Å². The molecule has 0 spiro atoms. The number of nitrogens with zero attached hydrogens (tertiary/aromatic N) is 1. The zero-order chi connectivity index (χ0) is 17.0. The number of likely N-dealkylation sites (tertiary alicyclic amines) is 1. The lowest BCUT2D eigenvalue weighted by atomic mass is 9.84. The predicted molar refractivity (Wildman–Crippen MR) is 100 cm³/mol. The first kappa shape index (κ1) is 17.9. The molecule has 1 aromatic carbocycles. The van der Waals surface area contributed by atoms with Gasteiger partial charge in [0.15, 0.2) is 0 Å². The molecule has 1 saturated carbocycles. The molecule has 2 aliphatic rings. The lowest BCUT2D eigenvalue weighted by Crippen LogP contribution is -2.51. The molecule has 3 nitrogen and oxygen atoms in total. The van der Waals surface area contributed by atoms with E-state index < -0.39 is 5.60 Å². The standard InChI is InChI=1S/C21H34N2O/c1-17-8-6-7-11-20(17)23-14-12-19(13-15-23)22-16-21(2,24)18-9-4-3-5-10-18/h3-5,9-10,17,19-20,22,24H,6-8,11-16H2,1-2H3. The highest BCUT2D eigenvalue weighted by molar-refractivity contribution is 5.21. The summed E-state index contributed by atoms with van der Waals surface area (Å²) >= 11 is 0. The molecule has 1 saturated heterocycles. The van der Waals surface area contributed by atoms with E-state index in [0.29, 0.717) is 12.6 Å². The van der Waals surface area contributed by atoms with Crippen LogP contribution in [0.4, 0.5) is 0 Å². The van der Waals surface area contributed by atoms with Crippen molar-refractivity contribution in [1.29, 1.82) is 0 Å². The molecular formula is C21H34N2O. The highest BCUT2D eigenvalue weighted by atomic mass is 16.3. The molecule has 1 aromatic rings. The van der Waals surface area contributed by atoms with Gasteiger partial charge < -0.3 is 15.3 Å². The highest BCUT2D eigenvalue weighted by Crippen LogP contribution is 2.30. The van der Waals surface area contributed by atoms with Crippen molar-refractivity contribution in [3.63, 3.8) is 0 Å². The number of hydrogen-bond acceptors (Lipinski definition) is 3. The summed E-state index contributed by atoms with van der Waals surface area (Å²) in [5.74, 6) is 0.863. The summed E-state index contributed by atoms with van der Waals surface area (Å²) in [5.41, 5.74) is 0.196. The van der Waals surface area contributed by atoms with E-state index >= 15 is 0 Å². The minimum atomic E-state index is -0.795. The Bertz CT molecular complexity index is 494. The van der Waals surface area contributed by atoms with E-state index in [1.165, 1.54) is 51.6 Å². The Labute approximate surface area is 147 Å². The van der Waals surface area contributed by atoms with Gasteiger partial charge in [-0.2, -0.15) is 0 Å². The summed E-state index contributed by atoms with van der Waals surface area (Å²) in [4.78, 5) is 2.73. The van der Waals surface area contributed by atoms with E-state index in [9.17, 15) is 5.11 Å². The largest absolute Gasteiger partial charge is 0.384 e. The molecule has 0 radical (unpaired) electrons. The van der Waals surface area contributed by atoms with Gasteiger partial charge in [0.1, 0.15) is 0 Å². The molecule has 0 amide bonds. The lowest BCUT2D eigenvalue weighted by Gasteiger charge is -2.43. The second kappa shape index (κ2) is 7.99. The smallest absolute Gasteiger partial charge is 0.0992 e. The first-order chi connectivity index (χ1) is 11.6. The van der Waals surface area contributed by atoms with Crippen molar-refractivity contribution in [2.45, 2.75) is 70.1 Å². The van der Waals surface area contributed by atoms with E-state index in [-0.39, 0.29) is 0 Å². The third kappa shape index (κ3) is 4.38. The Balaban J connectivity index is 1.45. The van der Waals surface area contributed by atoms with Gasteiger partial charge in [-0.15, -0.1) is 0 Å². The van der Waals surface area contributed by atoms with Crippen LogP contribution in [-0.2, 0) is 5.60 Å². The predicted octanol–water partition coefficient (Wildman–Crippen LogP) is 3.53. The zero-order valence-electron chi connectivity index (χ0n) is 15.4. The number of aliphatic hydroxyl groups is 1. The quantitative estimate of drug-likeness (QED) is 0.867. The minimum absolute atomic E-state index is 0.537. The van der Waals surface area contributed by atoms with Gasteiger partial charge in [0.2, 0.25) is 0 Å². The Morgan fingerprint density at radius 2 is 1.75 bits per heavy atom. The van der Waals surface area contributed by atoms with Crippen molar-refractivity contribution >= 4 is 0 Å². The molecule has 3 unspecified atom stereocenters. The Kier molecular flexibility index (Phi) is 5.96. The van der Waals surface area contributed by atoms with Crippen molar-refractivity contribution in [3.8, 4) is 0 Å². The van der Waals surface area contributed by atoms with Crippen LogP contribution < -0.4 is 5.32 Å². The Morgan fingerprint density at radius 3 is 2.42 bits per heavy atom. The second-order valence-electron chi connectivity index (χ2n) is 8.16. The molecule has 3 atom stereocenters. The highest BCUT2D eigenvalue weighted by Gasteiger charge is 2.31. The number of benzene rings is 1. The van der Waals surface area contributed by atoms with Crippen LogP contribution in [0.5, 0.6) is 0 Å². The fraction of sp³-hybridized carbons (Fsp3) is 0.714. The average Bonchev–Trinajstić information content (AvgIpc) is 2.62. The summed E-state index contributed by atoms with van der Waals surface area (Å²) < 4.78 is 0. The molecule has 0 bridgehead atoms. The van der Waals surface area contributed by atoms with Crippen LogP contribution in [0.1, 0.15) is 57.9 Å². The van der Waals surface area contributed by atoms with E-state index in [0.717, 1.165) is 17.5 Å². The first-order valence-electron chi connectivity index (χ1n) is 9.81. The minimum Gasteiger partial charge on any atom is -0.384 e. The lowest BCUT2D eigenvalue weighted by molar-refractivity contribution is 0.0437. The van der Waals surface area contributed by atoms with Crippen LogP contribution in [0, 0.1) is 5.92 Å². The van der Waals surface area contributed by atoms with Gasteiger partial charge in [-0.1, -0.05) is 50.1 Å². The molecule has 0 aromatic heterocycles. The summed E-state index contributed by atoms with van der Waals surface area (Å²) in [6, 6.07) is 11.3. The van der Waals surface area contributed by atoms with E-state index in [4.69, 9.17) is 0 Å². The van der Waals surface area contributed by atoms with Gasteiger partial charge in [-0.3, -0.25) is 0 Å². The van der Waals surface area contributed by atoms with Crippen LogP contribution in [0.2, 0.25) is 0 Å². The summed E-state index contributed by atoms with van der Waals surface area (Å²) in [6.45, 7) is 7.39. The molecule has 3 heteroatoms. The fourth-order valence-corrected chi connectivity index (χ4v) is 4.52. The molecule has 3 rings (SSSR count). The monoisotopic (exact) mass is 330 g/mol. The number of nitrogens with one attached hydrogen (secondary N) is 1. The molecule has 2 fully saturated rings. The topological polar surface area (TPSA) is 35.5 Å².